The molecule has 0 aromatic heterocycles. The van der Waals surface area contributed by atoms with Crippen molar-refractivity contribution >= 4 is 28.6 Å². The van der Waals surface area contributed by atoms with Gasteiger partial charge in [0.05, 0.1) is 0 Å². The number of nitrogens with one attached hydrogen (secondary N) is 1. The Hall–Kier alpha value is -2.09. The number of nitrogens with zero attached hydrogens (tertiary/aromatic N) is 1. The van der Waals surface area contributed by atoms with Crippen LogP contribution in [0.2, 0.25) is 0 Å². The summed E-state index contributed by atoms with van der Waals surface area (Å²) in [6, 6.07) is 4.09. The molecule has 1 N–H and O–H groups in total. The summed E-state index contributed by atoms with van der Waals surface area (Å²) >= 11 is 0. The van der Waals surface area contributed by atoms with Crippen LogP contribution in [0.3, 0.4) is 0 Å². The molecule has 0 bridgehead atoms. The number of amides is 4. The van der Waals surface area contributed by atoms with Crippen molar-refractivity contribution in [2.45, 2.75) is 5.92 Å². The maximum Gasteiger partial charge on any atom is 0.330 e. The normalized spacial score (nSPS) is 20.4. The molecular weight excluding hydrogens is 299 g/mol. The standard InChI is InChI=1S/C13H13FN2O4S/c1-21(20)7-6-16-12(18)10(11(17)15-13(16)19)8-2-4-9(14)5-3-8/h2-5,10H,6-7H2,1H3,(H,15,17,19). The second kappa shape index (κ2) is 6.13. The maximum atomic E-state index is 12.9. The highest BCUT2D eigenvalue weighted by molar-refractivity contribution is 7.84. The number of urea groups is 1. The van der Waals surface area contributed by atoms with Gasteiger partial charge in [-0.05, 0) is 17.7 Å². The van der Waals surface area contributed by atoms with Gasteiger partial charge in [-0.2, -0.15) is 0 Å². The smallest absolute Gasteiger partial charge is 0.277 e. The van der Waals surface area contributed by atoms with Crippen molar-refractivity contribution in [1.29, 1.82) is 0 Å². The second-order valence-corrected chi connectivity index (χ2v) is 6.10. The van der Waals surface area contributed by atoms with Crippen molar-refractivity contribution in [3.05, 3.63) is 35.6 Å². The highest BCUT2D eigenvalue weighted by Crippen LogP contribution is 2.22. The lowest BCUT2D eigenvalue weighted by Gasteiger charge is -2.30. The first kappa shape index (κ1) is 15.3. The molecule has 0 spiro atoms. The Morgan fingerprint density at radius 2 is 1.86 bits per heavy atom. The first-order chi connectivity index (χ1) is 9.90. The second-order valence-electron chi connectivity index (χ2n) is 4.55. The van der Waals surface area contributed by atoms with Crippen molar-refractivity contribution in [2.24, 2.45) is 0 Å². The van der Waals surface area contributed by atoms with E-state index in [1.54, 1.807) is 0 Å². The van der Waals surface area contributed by atoms with Gasteiger partial charge in [0.15, 0.2) is 0 Å². The lowest BCUT2D eigenvalue weighted by Crippen LogP contribution is -2.57. The highest BCUT2D eigenvalue weighted by Gasteiger charge is 2.41. The molecule has 1 saturated heterocycles. The van der Waals surface area contributed by atoms with Crippen molar-refractivity contribution in [3.63, 3.8) is 0 Å². The van der Waals surface area contributed by atoms with Crippen LogP contribution in [0.1, 0.15) is 11.5 Å². The molecule has 1 aromatic rings. The monoisotopic (exact) mass is 312 g/mol. The van der Waals surface area contributed by atoms with E-state index in [0.717, 1.165) is 17.0 Å². The molecule has 112 valence electrons. The molecule has 8 heteroatoms. The van der Waals surface area contributed by atoms with Crippen LogP contribution in [0.25, 0.3) is 0 Å². The summed E-state index contributed by atoms with van der Waals surface area (Å²) in [7, 11) is -1.17. The number of imide groups is 2. The van der Waals surface area contributed by atoms with E-state index in [1.807, 2.05) is 0 Å². The fourth-order valence-corrected chi connectivity index (χ4v) is 2.43. The number of hydrogen-bond acceptors (Lipinski definition) is 4. The Labute approximate surface area is 122 Å². The average molecular weight is 312 g/mol. The third-order valence-corrected chi connectivity index (χ3v) is 3.81. The number of rotatable bonds is 4. The third-order valence-electron chi connectivity index (χ3n) is 3.06. The zero-order valence-electron chi connectivity index (χ0n) is 11.2. The fraction of sp³-hybridized carbons (Fsp3) is 0.308. The Morgan fingerprint density at radius 1 is 1.24 bits per heavy atom. The molecule has 2 unspecified atom stereocenters. The average Bonchev–Trinajstić information content (AvgIpc) is 2.40. The SMILES string of the molecule is CS(=O)CCN1C(=O)NC(=O)C(c2ccc(F)cc2)C1=O. The van der Waals surface area contributed by atoms with Crippen LogP contribution in [0.5, 0.6) is 0 Å². The summed E-state index contributed by atoms with van der Waals surface area (Å²) in [5, 5.41) is 2.08. The van der Waals surface area contributed by atoms with E-state index in [2.05, 4.69) is 5.32 Å². The molecule has 2 rings (SSSR count). The van der Waals surface area contributed by atoms with E-state index in [9.17, 15) is 23.0 Å². The minimum Gasteiger partial charge on any atom is -0.277 e. The molecule has 0 aliphatic carbocycles. The Balaban J connectivity index is 2.26. The van der Waals surface area contributed by atoms with Crippen LogP contribution in [0.4, 0.5) is 9.18 Å². The molecule has 1 fully saturated rings. The summed E-state index contributed by atoms with van der Waals surface area (Å²) < 4.78 is 24.0. The number of barbiturate groups is 1. The van der Waals surface area contributed by atoms with E-state index in [1.165, 1.54) is 18.4 Å². The van der Waals surface area contributed by atoms with Gasteiger partial charge in [0, 0.05) is 29.4 Å². The molecule has 2 atom stereocenters. The molecule has 1 aliphatic heterocycles. The van der Waals surface area contributed by atoms with Gasteiger partial charge in [-0.1, -0.05) is 12.1 Å². The minimum atomic E-state index is -1.20. The first-order valence-electron chi connectivity index (χ1n) is 6.12. The van der Waals surface area contributed by atoms with Crippen molar-refractivity contribution in [1.82, 2.24) is 10.2 Å². The molecular formula is C13H13FN2O4S. The summed E-state index contributed by atoms with van der Waals surface area (Å²) in [6.45, 7) is -0.0429. The predicted molar refractivity (Wildman–Crippen MR) is 73.3 cm³/mol. The molecule has 1 aliphatic rings. The fourth-order valence-electron chi connectivity index (χ4n) is 1.99. The zero-order valence-corrected chi connectivity index (χ0v) is 12.0. The maximum absolute atomic E-state index is 12.9. The van der Waals surface area contributed by atoms with Crippen LogP contribution in [-0.4, -0.2) is 45.5 Å². The predicted octanol–water partition coefficient (Wildman–Crippen LogP) is 0.366. The van der Waals surface area contributed by atoms with E-state index in [4.69, 9.17) is 0 Å². The van der Waals surface area contributed by atoms with E-state index in [0.29, 0.717) is 5.56 Å². The number of carbonyl (C=O) groups excluding carboxylic acids is 3. The van der Waals surface area contributed by atoms with Crippen LogP contribution in [0.15, 0.2) is 24.3 Å². The quantitative estimate of drug-likeness (QED) is 0.814. The van der Waals surface area contributed by atoms with Gasteiger partial charge in [-0.15, -0.1) is 0 Å². The largest absolute Gasteiger partial charge is 0.330 e. The lowest BCUT2D eigenvalue weighted by atomic mass is 9.95. The van der Waals surface area contributed by atoms with E-state index in [-0.39, 0.29) is 12.3 Å². The van der Waals surface area contributed by atoms with Gasteiger partial charge in [0.1, 0.15) is 11.7 Å². The topological polar surface area (TPSA) is 83.6 Å². The number of carbonyl (C=O) groups is 3. The van der Waals surface area contributed by atoms with Crippen molar-refractivity contribution in [3.8, 4) is 0 Å². The zero-order chi connectivity index (χ0) is 15.6. The van der Waals surface area contributed by atoms with Crippen molar-refractivity contribution < 1.29 is 23.0 Å². The molecule has 21 heavy (non-hydrogen) atoms. The Kier molecular flexibility index (Phi) is 4.46. The van der Waals surface area contributed by atoms with Crippen LogP contribution >= 0.6 is 0 Å². The summed E-state index contributed by atoms with van der Waals surface area (Å²) in [4.78, 5) is 36.7. The van der Waals surface area contributed by atoms with Gasteiger partial charge in [-0.25, -0.2) is 9.18 Å². The van der Waals surface area contributed by atoms with Gasteiger partial charge in [0.25, 0.3) is 0 Å². The van der Waals surface area contributed by atoms with E-state index >= 15 is 0 Å². The molecule has 1 aromatic carbocycles. The highest BCUT2D eigenvalue weighted by atomic mass is 32.2. The van der Waals surface area contributed by atoms with Crippen LogP contribution in [-0.2, 0) is 20.4 Å². The molecule has 0 saturated carbocycles. The Bertz CT molecular complexity index is 617. The molecule has 0 radical (unpaired) electrons. The number of benzene rings is 1. The molecule has 4 amide bonds. The summed E-state index contributed by atoms with van der Waals surface area (Å²) in [5.74, 6) is -3.00. The summed E-state index contributed by atoms with van der Waals surface area (Å²) in [6.07, 6.45) is 1.45. The first-order valence-corrected chi connectivity index (χ1v) is 7.84. The Morgan fingerprint density at radius 3 is 2.43 bits per heavy atom. The van der Waals surface area contributed by atoms with Crippen LogP contribution < -0.4 is 5.32 Å². The van der Waals surface area contributed by atoms with Gasteiger partial charge < -0.3 is 0 Å². The third kappa shape index (κ3) is 3.33. The molecule has 6 nitrogen and oxygen atoms in total. The molecule has 1 heterocycles. The van der Waals surface area contributed by atoms with Gasteiger partial charge >= 0.3 is 6.03 Å². The number of hydrogen-bond donors (Lipinski definition) is 1. The minimum absolute atomic E-state index is 0.0429. The lowest BCUT2D eigenvalue weighted by molar-refractivity contribution is -0.138. The summed E-state index contributed by atoms with van der Waals surface area (Å²) in [5.41, 5.74) is 0.300. The van der Waals surface area contributed by atoms with E-state index < -0.39 is 40.4 Å². The number of halogens is 1. The van der Waals surface area contributed by atoms with Gasteiger partial charge in [-0.3, -0.25) is 24.0 Å². The van der Waals surface area contributed by atoms with Crippen LogP contribution in [0, 0.1) is 5.82 Å². The van der Waals surface area contributed by atoms with Gasteiger partial charge in [0.2, 0.25) is 11.8 Å². The van der Waals surface area contributed by atoms with Crippen molar-refractivity contribution in [2.75, 3.05) is 18.6 Å².